The summed E-state index contributed by atoms with van der Waals surface area (Å²) in [5.41, 5.74) is 1.31. The van der Waals surface area contributed by atoms with Crippen LogP contribution in [0.4, 0.5) is 5.69 Å². The first-order chi connectivity index (χ1) is 16.2. The molecule has 8 heteroatoms. The molecule has 6 atom stereocenters. The van der Waals surface area contributed by atoms with Crippen molar-refractivity contribution in [3.63, 3.8) is 0 Å². The minimum absolute atomic E-state index is 0.0997. The summed E-state index contributed by atoms with van der Waals surface area (Å²) in [5, 5.41) is 16.3. The van der Waals surface area contributed by atoms with Gasteiger partial charge in [0.25, 0.3) is 0 Å². The van der Waals surface area contributed by atoms with E-state index in [1.807, 2.05) is 52.0 Å². The van der Waals surface area contributed by atoms with Crippen LogP contribution in [0.25, 0.3) is 0 Å². The van der Waals surface area contributed by atoms with Crippen LogP contribution in [-0.4, -0.2) is 53.5 Å². The number of nitrogens with one attached hydrogen (secondary N) is 2. The Morgan fingerprint density at radius 3 is 2.47 bits per heavy atom. The highest BCUT2D eigenvalue weighted by Gasteiger charge is 2.58. The summed E-state index contributed by atoms with van der Waals surface area (Å²) in [7, 11) is 1.57. The summed E-state index contributed by atoms with van der Waals surface area (Å²) in [6.07, 6.45) is 5.14. The van der Waals surface area contributed by atoms with E-state index in [1.165, 1.54) is 4.90 Å². The van der Waals surface area contributed by atoms with E-state index < -0.39 is 29.8 Å². The van der Waals surface area contributed by atoms with Gasteiger partial charge in [0.15, 0.2) is 0 Å². The van der Waals surface area contributed by atoms with Crippen LogP contribution in [0.5, 0.6) is 0 Å². The number of benzene rings is 1. The number of halogens is 1. The maximum Gasteiger partial charge on any atom is 0.247 e. The zero-order chi connectivity index (χ0) is 25.2. The average Bonchev–Trinajstić information content (AvgIpc) is 3.10. The van der Waals surface area contributed by atoms with Gasteiger partial charge in [-0.15, -0.1) is 0 Å². The molecule has 1 fully saturated rings. The van der Waals surface area contributed by atoms with Gasteiger partial charge in [-0.3, -0.25) is 14.4 Å². The number of aliphatic hydroxyl groups is 1. The number of aliphatic hydroxyl groups excluding tert-OH is 1. The number of fused-ring (bicyclic) bond motifs is 1. The molecule has 0 unspecified atom stereocenters. The Kier molecular flexibility index (Phi) is 8.42. The first kappa shape index (κ1) is 26.2. The number of anilines is 1. The summed E-state index contributed by atoms with van der Waals surface area (Å²) in [6, 6.07) is 3.98. The molecule has 3 amide bonds. The summed E-state index contributed by atoms with van der Waals surface area (Å²) < 4.78 is 0. The van der Waals surface area contributed by atoms with E-state index in [0.717, 1.165) is 5.56 Å². The second-order valence-corrected chi connectivity index (χ2v) is 10.2. The molecule has 1 heterocycles. The van der Waals surface area contributed by atoms with Crippen molar-refractivity contribution >= 4 is 35.0 Å². The van der Waals surface area contributed by atoms with Crippen molar-refractivity contribution in [2.24, 2.45) is 29.6 Å². The van der Waals surface area contributed by atoms with E-state index in [0.29, 0.717) is 23.6 Å². The molecule has 7 nitrogen and oxygen atoms in total. The van der Waals surface area contributed by atoms with Crippen molar-refractivity contribution in [1.29, 1.82) is 0 Å². The molecule has 0 spiro atoms. The van der Waals surface area contributed by atoms with E-state index in [2.05, 4.69) is 10.6 Å². The first-order valence-corrected chi connectivity index (χ1v) is 12.4. The van der Waals surface area contributed by atoms with Crippen LogP contribution in [-0.2, 0) is 14.4 Å². The Labute approximate surface area is 206 Å². The van der Waals surface area contributed by atoms with Crippen LogP contribution < -0.4 is 10.6 Å². The zero-order valence-corrected chi connectivity index (χ0v) is 21.3. The van der Waals surface area contributed by atoms with Crippen LogP contribution in [0.15, 0.2) is 30.4 Å². The quantitative estimate of drug-likeness (QED) is 0.487. The van der Waals surface area contributed by atoms with Gasteiger partial charge in [0.1, 0.15) is 6.04 Å². The van der Waals surface area contributed by atoms with Gasteiger partial charge in [0.2, 0.25) is 17.7 Å². The fraction of sp³-hybridized carbons (Fsp3) is 0.577. The lowest BCUT2D eigenvalue weighted by Crippen LogP contribution is -2.51. The standard InChI is InChI=1S/C26H36ClN3O4/c1-6-16-10-11-18-21(20(16)24(32)28-5)26(34)30(17(13-31)12-14(2)3)23(18)25(33)29-22-15(4)8-7-9-19(22)27/h7-11,14,16-18,20-21,23,31H,6,12-13H2,1-5H3,(H,28,32)(H,29,33)/t16-,17-,18+,20-,21-,23+/m1/s1. The highest BCUT2D eigenvalue weighted by molar-refractivity contribution is 6.34. The van der Waals surface area contributed by atoms with E-state index >= 15 is 0 Å². The molecular formula is C26H36ClN3O4. The van der Waals surface area contributed by atoms with Crippen molar-refractivity contribution in [3.05, 3.63) is 40.9 Å². The molecule has 1 aliphatic heterocycles. The third-order valence-corrected chi connectivity index (χ3v) is 7.47. The highest BCUT2D eigenvalue weighted by Crippen LogP contribution is 2.46. The van der Waals surface area contributed by atoms with Gasteiger partial charge in [-0.2, -0.15) is 0 Å². The smallest absolute Gasteiger partial charge is 0.247 e. The fourth-order valence-corrected chi connectivity index (χ4v) is 5.83. The number of nitrogens with zero attached hydrogens (tertiary/aromatic N) is 1. The minimum Gasteiger partial charge on any atom is -0.394 e. The van der Waals surface area contributed by atoms with Crippen molar-refractivity contribution < 1.29 is 19.5 Å². The Bertz CT molecular complexity index is 943. The Morgan fingerprint density at radius 2 is 1.91 bits per heavy atom. The summed E-state index contributed by atoms with van der Waals surface area (Å²) >= 11 is 6.36. The van der Waals surface area contributed by atoms with Gasteiger partial charge in [-0.1, -0.05) is 56.7 Å². The van der Waals surface area contributed by atoms with Crippen LogP contribution in [0.1, 0.15) is 39.2 Å². The van der Waals surface area contributed by atoms with Crippen molar-refractivity contribution in [2.45, 2.75) is 52.6 Å². The molecule has 1 aliphatic carbocycles. The monoisotopic (exact) mass is 489 g/mol. The second-order valence-electron chi connectivity index (χ2n) is 9.78. The number of likely N-dealkylation sites (tertiary alicyclic amines) is 1. The maximum absolute atomic E-state index is 13.9. The number of carbonyl (C=O) groups excluding carboxylic acids is 3. The van der Waals surface area contributed by atoms with E-state index in [4.69, 9.17) is 11.6 Å². The lowest BCUT2D eigenvalue weighted by molar-refractivity contribution is -0.143. The molecule has 3 N–H and O–H groups in total. The third kappa shape index (κ3) is 4.86. The van der Waals surface area contributed by atoms with Gasteiger partial charge >= 0.3 is 0 Å². The number of rotatable bonds is 8. The van der Waals surface area contributed by atoms with Crippen molar-refractivity contribution in [1.82, 2.24) is 10.2 Å². The molecule has 2 aliphatic rings. The van der Waals surface area contributed by atoms with Crippen LogP contribution in [0.3, 0.4) is 0 Å². The molecule has 1 saturated heterocycles. The minimum atomic E-state index is -0.856. The SMILES string of the molecule is CC[C@@H]1C=C[C@H]2[C@@H](C(=O)N([C@@H](CO)CC(C)C)[C@@H]2C(=O)Nc2c(C)cccc2Cl)[C@@H]1C(=O)NC. The number of carbonyl (C=O) groups is 3. The van der Waals surface area contributed by atoms with Gasteiger partial charge < -0.3 is 20.6 Å². The number of hydrogen-bond acceptors (Lipinski definition) is 4. The van der Waals surface area contributed by atoms with E-state index in [-0.39, 0.29) is 36.2 Å². The highest BCUT2D eigenvalue weighted by atomic mass is 35.5. The molecule has 0 bridgehead atoms. The lowest BCUT2D eigenvalue weighted by Gasteiger charge is -2.34. The molecule has 1 aromatic rings. The number of allylic oxidation sites excluding steroid dienone is 1. The summed E-state index contributed by atoms with van der Waals surface area (Å²) in [6.45, 7) is 7.61. The van der Waals surface area contributed by atoms with Crippen LogP contribution >= 0.6 is 11.6 Å². The molecule has 0 radical (unpaired) electrons. The number of hydrogen-bond donors (Lipinski definition) is 3. The fourth-order valence-electron chi connectivity index (χ4n) is 5.56. The molecule has 0 saturated carbocycles. The van der Waals surface area contributed by atoms with Gasteiger partial charge in [0, 0.05) is 13.0 Å². The maximum atomic E-state index is 13.9. The van der Waals surface area contributed by atoms with Gasteiger partial charge in [-0.05, 0) is 43.2 Å². The molecule has 186 valence electrons. The Balaban J connectivity index is 2.08. The number of para-hydroxylation sites is 1. The average molecular weight is 490 g/mol. The molecule has 0 aromatic heterocycles. The Hall–Kier alpha value is -2.38. The zero-order valence-electron chi connectivity index (χ0n) is 20.5. The van der Waals surface area contributed by atoms with Gasteiger partial charge in [-0.25, -0.2) is 0 Å². The Morgan fingerprint density at radius 1 is 1.21 bits per heavy atom. The lowest BCUT2D eigenvalue weighted by atomic mass is 9.69. The predicted molar refractivity (Wildman–Crippen MR) is 133 cm³/mol. The summed E-state index contributed by atoms with van der Waals surface area (Å²) in [5.74, 6) is -2.44. The number of amides is 3. The normalized spacial score (nSPS) is 27.0. The predicted octanol–water partition coefficient (Wildman–Crippen LogP) is 3.40. The molecule has 34 heavy (non-hydrogen) atoms. The molecular weight excluding hydrogens is 454 g/mol. The van der Waals surface area contributed by atoms with E-state index in [1.54, 1.807) is 13.1 Å². The van der Waals surface area contributed by atoms with Crippen LogP contribution in [0, 0.1) is 36.5 Å². The molecule has 1 aromatic carbocycles. The van der Waals surface area contributed by atoms with Crippen molar-refractivity contribution in [2.75, 3.05) is 19.0 Å². The van der Waals surface area contributed by atoms with Gasteiger partial charge in [0.05, 0.1) is 35.2 Å². The van der Waals surface area contributed by atoms with E-state index in [9.17, 15) is 19.5 Å². The molecule has 3 rings (SSSR count). The second kappa shape index (κ2) is 10.9. The third-order valence-electron chi connectivity index (χ3n) is 7.15. The van der Waals surface area contributed by atoms with Crippen molar-refractivity contribution in [3.8, 4) is 0 Å². The van der Waals surface area contributed by atoms with Crippen LogP contribution in [0.2, 0.25) is 5.02 Å². The topological polar surface area (TPSA) is 98.7 Å². The summed E-state index contributed by atoms with van der Waals surface area (Å²) in [4.78, 5) is 42.1. The first-order valence-electron chi connectivity index (χ1n) is 12.0. The number of aryl methyl sites for hydroxylation is 1. The largest absolute Gasteiger partial charge is 0.394 e.